The quantitative estimate of drug-likeness (QED) is 0.763. The lowest BCUT2D eigenvalue weighted by molar-refractivity contribution is 0.204. The summed E-state index contributed by atoms with van der Waals surface area (Å²) >= 11 is 3.75. The van der Waals surface area contributed by atoms with Gasteiger partial charge in [-0.05, 0) is 12.1 Å². The number of halogens is 1. The summed E-state index contributed by atoms with van der Waals surface area (Å²) in [6.45, 7) is 0. The van der Waals surface area contributed by atoms with E-state index >= 15 is 0 Å². The van der Waals surface area contributed by atoms with Crippen molar-refractivity contribution in [2.24, 2.45) is 5.73 Å². The van der Waals surface area contributed by atoms with Gasteiger partial charge in [0.05, 0.1) is 16.3 Å². The smallest absolute Gasteiger partial charge is 0.148 e. The number of fused-ring (bicyclic) bond motifs is 1. The van der Waals surface area contributed by atoms with Gasteiger partial charge in [-0.25, -0.2) is 0 Å². The summed E-state index contributed by atoms with van der Waals surface area (Å²) in [5, 5.41) is 0. The molecule has 0 radical (unpaired) electrons. The van der Waals surface area contributed by atoms with Gasteiger partial charge in [0.2, 0.25) is 0 Å². The Labute approximate surface area is 96.1 Å². The lowest BCUT2D eigenvalue weighted by Crippen LogP contribution is -2.26. The van der Waals surface area contributed by atoms with Crippen LogP contribution in [0.15, 0.2) is 29.2 Å². The number of nitrogens with two attached hydrogens (primary N) is 1. The van der Waals surface area contributed by atoms with E-state index < -0.39 is 0 Å². The van der Waals surface area contributed by atoms with E-state index in [1.165, 1.54) is 4.90 Å². The van der Waals surface area contributed by atoms with Crippen molar-refractivity contribution in [3.05, 3.63) is 24.3 Å². The van der Waals surface area contributed by atoms with E-state index in [9.17, 15) is 0 Å². The van der Waals surface area contributed by atoms with Gasteiger partial charge in [0.1, 0.15) is 12.0 Å². The number of hydrogen-bond acceptors (Lipinski definition) is 4. The summed E-state index contributed by atoms with van der Waals surface area (Å²) in [5.41, 5.74) is 5.71. The number of hydrogen-bond donors (Lipinski definition) is 2. The molecule has 1 heterocycles. The molecule has 0 spiro atoms. The summed E-state index contributed by atoms with van der Waals surface area (Å²) in [6, 6.07) is 8.02. The van der Waals surface area contributed by atoms with Crippen LogP contribution in [0.3, 0.4) is 0 Å². The van der Waals surface area contributed by atoms with E-state index in [4.69, 9.17) is 14.7 Å². The molecule has 0 aromatic heterocycles. The second-order valence-corrected chi connectivity index (χ2v) is 3.88. The van der Waals surface area contributed by atoms with Crippen LogP contribution in [0.1, 0.15) is 6.42 Å². The van der Waals surface area contributed by atoms with E-state index in [1.54, 1.807) is 0 Å². The maximum atomic E-state index is 6.81. The van der Waals surface area contributed by atoms with E-state index in [-0.39, 0.29) is 6.23 Å². The molecule has 3 nitrogen and oxygen atoms in total. The Morgan fingerprint density at radius 3 is 2.93 bits per heavy atom. The highest BCUT2D eigenvalue weighted by molar-refractivity contribution is 9.05. The van der Waals surface area contributed by atoms with Crippen LogP contribution in [0.4, 0.5) is 0 Å². The standard InChI is InChI=1S/C9H11NOS.BrHO/c10-9-5-6-12-8-4-2-1-3-7(8)11-9;1-2/h1-4,9H,5-6,10H2;2H. The molecular formula is C9H12BrNO2S. The van der Waals surface area contributed by atoms with Crippen molar-refractivity contribution in [2.45, 2.75) is 17.5 Å². The molecule has 2 rings (SSSR count). The van der Waals surface area contributed by atoms with Crippen LogP contribution in [0.25, 0.3) is 0 Å². The molecule has 1 aromatic rings. The van der Waals surface area contributed by atoms with Gasteiger partial charge >= 0.3 is 0 Å². The molecular weight excluding hydrogens is 266 g/mol. The Bertz CT molecular complexity index is 285. The Kier molecular flexibility index (Phi) is 5.32. The number of rotatable bonds is 0. The summed E-state index contributed by atoms with van der Waals surface area (Å²) < 4.78 is 12.3. The molecule has 78 valence electrons. The average Bonchev–Trinajstić information content (AvgIpc) is 2.41. The van der Waals surface area contributed by atoms with Crippen LogP contribution < -0.4 is 10.5 Å². The molecule has 14 heavy (non-hydrogen) atoms. The molecule has 0 fully saturated rings. The average molecular weight is 278 g/mol. The molecule has 0 bridgehead atoms. The first kappa shape index (κ1) is 11.8. The highest BCUT2D eigenvalue weighted by atomic mass is 79.9. The number of ether oxygens (including phenoxy) is 1. The molecule has 0 aliphatic carbocycles. The SMILES string of the molecule is NC1CCSc2ccccc2O1.OBr. The van der Waals surface area contributed by atoms with Crippen LogP contribution in [-0.4, -0.2) is 16.2 Å². The zero-order valence-electron chi connectivity index (χ0n) is 7.52. The van der Waals surface area contributed by atoms with E-state index in [1.807, 2.05) is 46.2 Å². The van der Waals surface area contributed by atoms with Crippen molar-refractivity contribution in [2.75, 3.05) is 5.75 Å². The van der Waals surface area contributed by atoms with Crippen molar-refractivity contribution in [3.63, 3.8) is 0 Å². The summed E-state index contributed by atoms with van der Waals surface area (Å²) in [4.78, 5) is 1.20. The topological polar surface area (TPSA) is 55.5 Å². The fraction of sp³-hybridized carbons (Fsp3) is 0.333. The highest BCUT2D eigenvalue weighted by Crippen LogP contribution is 2.32. The van der Waals surface area contributed by atoms with Gasteiger partial charge < -0.3 is 8.93 Å². The predicted octanol–water partition coefficient (Wildman–Crippen LogP) is 2.13. The van der Waals surface area contributed by atoms with Gasteiger partial charge in [-0.2, -0.15) is 0 Å². The molecule has 1 aromatic carbocycles. The van der Waals surface area contributed by atoms with E-state index in [0.717, 1.165) is 17.9 Å². The summed E-state index contributed by atoms with van der Waals surface area (Å²) in [6.07, 6.45) is 0.778. The summed E-state index contributed by atoms with van der Waals surface area (Å²) in [5.74, 6) is 1.96. The van der Waals surface area contributed by atoms with Crippen molar-refractivity contribution in [1.82, 2.24) is 0 Å². The Morgan fingerprint density at radius 1 is 1.43 bits per heavy atom. The first-order chi connectivity index (χ1) is 6.86. The highest BCUT2D eigenvalue weighted by Gasteiger charge is 2.13. The third-order valence-electron chi connectivity index (χ3n) is 1.79. The van der Waals surface area contributed by atoms with Crippen molar-refractivity contribution in [1.29, 1.82) is 0 Å². The lowest BCUT2D eigenvalue weighted by Gasteiger charge is -2.10. The molecule has 0 saturated carbocycles. The zero-order chi connectivity index (χ0) is 10.4. The van der Waals surface area contributed by atoms with E-state index in [2.05, 4.69) is 6.07 Å². The maximum Gasteiger partial charge on any atom is 0.148 e. The molecule has 0 amide bonds. The summed E-state index contributed by atoms with van der Waals surface area (Å²) in [7, 11) is 0. The minimum absolute atomic E-state index is 0.138. The van der Waals surface area contributed by atoms with Gasteiger partial charge in [0, 0.05) is 17.1 Å². The number of thioether (sulfide) groups is 1. The fourth-order valence-corrected chi connectivity index (χ4v) is 2.18. The van der Waals surface area contributed by atoms with E-state index in [0.29, 0.717) is 0 Å². The van der Waals surface area contributed by atoms with Gasteiger partial charge in [-0.1, -0.05) is 12.1 Å². The molecule has 1 atom stereocenters. The minimum atomic E-state index is -0.138. The van der Waals surface area contributed by atoms with Crippen LogP contribution in [0.2, 0.25) is 0 Å². The van der Waals surface area contributed by atoms with Crippen LogP contribution in [0.5, 0.6) is 5.75 Å². The van der Waals surface area contributed by atoms with Crippen molar-refractivity contribution >= 4 is 28.0 Å². The van der Waals surface area contributed by atoms with Gasteiger partial charge in [0.15, 0.2) is 0 Å². The third kappa shape index (κ3) is 3.16. The van der Waals surface area contributed by atoms with Crippen LogP contribution >= 0.6 is 28.0 Å². The van der Waals surface area contributed by atoms with Crippen LogP contribution in [0, 0.1) is 0 Å². The number of benzene rings is 1. The number of para-hydroxylation sites is 1. The monoisotopic (exact) mass is 277 g/mol. The van der Waals surface area contributed by atoms with Gasteiger partial charge in [-0.15, -0.1) is 11.8 Å². The third-order valence-corrected chi connectivity index (χ3v) is 2.88. The second-order valence-electron chi connectivity index (χ2n) is 2.74. The second kappa shape index (κ2) is 6.29. The predicted molar refractivity (Wildman–Crippen MR) is 61.5 cm³/mol. The molecule has 1 aliphatic heterocycles. The van der Waals surface area contributed by atoms with Gasteiger partial charge in [-0.3, -0.25) is 5.73 Å². The first-order valence-corrected chi connectivity index (χ1v) is 5.87. The minimum Gasteiger partial charge on any atom is -0.474 e. The molecule has 1 aliphatic rings. The Hall–Kier alpha value is -0.230. The Balaban J connectivity index is 0.000000461. The normalized spacial score (nSPS) is 19.5. The van der Waals surface area contributed by atoms with Crippen molar-refractivity contribution in [3.8, 4) is 5.75 Å². The van der Waals surface area contributed by atoms with Crippen LogP contribution in [-0.2, 0) is 0 Å². The fourth-order valence-electron chi connectivity index (χ4n) is 1.17. The lowest BCUT2D eigenvalue weighted by atomic mass is 10.3. The van der Waals surface area contributed by atoms with Gasteiger partial charge in [0.25, 0.3) is 0 Å². The molecule has 0 saturated heterocycles. The molecule has 3 N–H and O–H groups in total. The maximum absolute atomic E-state index is 6.81. The first-order valence-electron chi connectivity index (χ1n) is 4.17. The molecule has 5 heteroatoms. The Morgan fingerprint density at radius 2 is 2.14 bits per heavy atom. The zero-order valence-corrected chi connectivity index (χ0v) is 9.92. The molecule has 1 unspecified atom stereocenters. The largest absolute Gasteiger partial charge is 0.474 e. The van der Waals surface area contributed by atoms with Crippen molar-refractivity contribution < 1.29 is 8.93 Å².